The lowest BCUT2D eigenvalue weighted by Gasteiger charge is -2.11. The van der Waals surface area contributed by atoms with E-state index >= 15 is 0 Å². The topological polar surface area (TPSA) is 73.3 Å². The van der Waals surface area contributed by atoms with Crippen molar-refractivity contribution in [3.63, 3.8) is 0 Å². The molecule has 1 N–H and O–H groups in total. The van der Waals surface area contributed by atoms with Gasteiger partial charge < -0.3 is 14.8 Å². The zero-order chi connectivity index (χ0) is 19.8. The van der Waals surface area contributed by atoms with Crippen LogP contribution in [0.4, 0.5) is 0 Å². The van der Waals surface area contributed by atoms with Crippen molar-refractivity contribution >= 4 is 17.5 Å². The Morgan fingerprint density at radius 3 is 2.57 bits per heavy atom. The SMILES string of the molecule is CCCOc1ccc(Oc2ncccc2CNC(=O)c2ccc(Cl)nc2)cc1. The number of ether oxygens (including phenoxy) is 2. The number of hydrogen-bond donors (Lipinski definition) is 1. The summed E-state index contributed by atoms with van der Waals surface area (Å²) in [6, 6.07) is 14.2. The highest BCUT2D eigenvalue weighted by molar-refractivity contribution is 6.29. The molecule has 0 atom stereocenters. The van der Waals surface area contributed by atoms with Gasteiger partial charge in [0.2, 0.25) is 5.88 Å². The van der Waals surface area contributed by atoms with Crippen LogP contribution in [-0.2, 0) is 6.54 Å². The molecule has 1 amide bonds. The van der Waals surface area contributed by atoms with Gasteiger partial charge in [0.05, 0.1) is 12.2 Å². The highest BCUT2D eigenvalue weighted by Gasteiger charge is 2.10. The number of pyridine rings is 2. The summed E-state index contributed by atoms with van der Waals surface area (Å²) in [5.74, 6) is 1.60. The van der Waals surface area contributed by atoms with Crippen LogP contribution in [0.25, 0.3) is 0 Å². The molecule has 0 radical (unpaired) electrons. The minimum absolute atomic E-state index is 0.253. The van der Waals surface area contributed by atoms with Crippen LogP contribution in [0.5, 0.6) is 17.4 Å². The Balaban J connectivity index is 1.64. The number of carbonyl (C=O) groups is 1. The number of nitrogens with zero attached hydrogens (tertiary/aromatic N) is 2. The third kappa shape index (κ3) is 5.44. The summed E-state index contributed by atoms with van der Waals surface area (Å²) in [4.78, 5) is 20.4. The second kappa shape index (κ2) is 9.71. The van der Waals surface area contributed by atoms with Crippen molar-refractivity contribution in [3.8, 4) is 17.4 Å². The van der Waals surface area contributed by atoms with E-state index in [-0.39, 0.29) is 12.5 Å². The lowest BCUT2D eigenvalue weighted by molar-refractivity contribution is 0.0950. The Labute approximate surface area is 168 Å². The van der Waals surface area contributed by atoms with Crippen molar-refractivity contribution < 1.29 is 14.3 Å². The standard InChI is InChI=1S/C21H20ClN3O3/c1-2-12-27-17-6-8-18(9-7-17)28-21-16(4-3-11-23-21)14-25-20(26)15-5-10-19(22)24-13-15/h3-11,13H,2,12,14H2,1H3,(H,25,26). The molecule has 3 rings (SSSR count). The van der Waals surface area contributed by atoms with Crippen molar-refractivity contribution in [2.24, 2.45) is 0 Å². The first-order valence-electron chi connectivity index (χ1n) is 8.90. The Morgan fingerprint density at radius 1 is 1.07 bits per heavy atom. The van der Waals surface area contributed by atoms with E-state index in [0.717, 1.165) is 17.7 Å². The van der Waals surface area contributed by atoms with E-state index in [0.29, 0.717) is 29.0 Å². The normalized spacial score (nSPS) is 10.4. The molecule has 0 unspecified atom stereocenters. The Hall–Kier alpha value is -3.12. The van der Waals surface area contributed by atoms with Crippen LogP contribution in [-0.4, -0.2) is 22.5 Å². The molecule has 6 nitrogen and oxygen atoms in total. The maximum atomic E-state index is 12.3. The van der Waals surface area contributed by atoms with Crippen molar-refractivity contribution in [3.05, 3.63) is 77.2 Å². The number of halogens is 1. The third-order valence-electron chi connectivity index (χ3n) is 3.79. The molecular formula is C21H20ClN3O3. The van der Waals surface area contributed by atoms with E-state index in [2.05, 4.69) is 22.2 Å². The van der Waals surface area contributed by atoms with E-state index in [1.807, 2.05) is 30.3 Å². The summed E-state index contributed by atoms with van der Waals surface area (Å²) in [6.45, 7) is 3.00. The number of rotatable bonds is 8. The molecule has 144 valence electrons. The van der Waals surface area contributed by atoms with Gasteiger partial charge in [-0.1, -0.05) is 24.6 Å². The van der Waals surface area contributed by atoms with Crippen molar-refractivity contribution in [2.45, 2.75) is 19.9 Å². The van der Waals surface area contributed by atoms with Crippen LogP contribution < -0.4 is 14.8 Å². The molecule has 2 aromatic heterocycles. The van der Waals surface area contributed by atoms with Gasteiger partial charge in [0.15, 0.2) is 0 Å². The van der Waals surface area contributed by atoms with Crippen LogP contribution in [0.15, 0.2) is 60.9 Å². The van der Waals surface area contributed by atoms with Crippen LogP contribution >= 0.6 is 11.6 Å². The first-order chi connectivity index (χ1) is 13.7. The largest absolute Gasteiger partial charge is 0.494 e. The summed E-state index contributed by atoms with van der Waals surface area (Å²) < 4.78 is 11.4. The minimum atomic E-state index is -0.253. The van der Waals surface area contributed by atoms with Crippen LogP contribution in [0.3, 0.4) is 0 Å². The third-order valence-corrected chi connectivity index (χ3v) is 4.01. The quantitative estimate of drug-likeness (QED) is 0.560. The number of benzene rings is 1. The second-order valence-electron chi connectivity index (χ2n) is 5.94. The molecular weight excluding hydrogens is 378 g/mol. The molecule has 28 heavy (non-hydrogen) atoms. The lowest BCUT2D eigenvalue weighted by atomic mass is 10.2. The molecule has 1 aromatic carbocycles. The molecule has 0 aliphatic heterocycles. The van der Waals surface area contributed by atoms with E-state index < -0.39 is 0 Å². The average molecular weight is 398 g/mol. The van der Waals surface area contributed by atoms with E-state index in [9.17, 15) is 4.79 Å². The molecule has 0 fully saturated rings. The van der Waals surface area contributed by atoms with Gasteiger partial charge in [-0.15, -0.1) is 0 Å². The van der Waals surface area contributed by atoms with Crippen molar-refractivity contribution in [2.75, 3.05) is 6.61 Å². The predicted octanol–water partition coefficient (Wildman–Crippen LogP) is 4.64. The van der Waals surface area contributed by atoms with Gasteiger partial charge >= 0.3 is 0 Å². The molecule has 0 saturated heterocycles. The van der Waals surface area contributed by atoms with Gasteiger partial charge in [-0.3, -0.25) is 4.79 Å². The summed E-state index contributed by atoms with van der Waals surface area (Å²) in [5, 5.41) is 3.17. The Bertz CT molecular complexity index is 915. The first-order valence-corrected chi connectivity index (χ1v) is 9.28. The predicted molar refractivity (Wildman–Crippen MR) is 107 cm³/mol. The highest BCUT2D eigenvalue weighted by atomic mass is 35.5. The monoisotopic (exact) mass is 397 g/mol. The second-order valence-corrected chi connectivity index (χ2v) is 6.33. The van der Waals surface area contributed by atoms with Crippen LogP contribution in [0, 0.1) is 0 Å². The van der Waals surface area contributed by atoms with E-state index in [1.165, 1.54) is 6.20 Å². The van der Waals surface area contributed by atoms with Gasteiger partial charge in [-0.2, -0.15) is 0 Å². The number of hydrogen-bond acceptors (Lipinski definition) is 5. The minimum Gasteiger partial charge on any atom is -0.494 e. The lowest BCUT2D eigenvalue weighted by Crippen LogP contribution is -2.23. The zero-order valence-corrected chi connectivity index (χ0v) is 16.1. The molecule has 0 saturated carbocycles. The maximum Gasteiger partial charge on any atom is 0.253 e. The molecule has 0 spiro atoms. The zero-order valence-electron chi connectivity index (χ0n) is 15.4. The van der Waals surface area contributed by atoms with E-state index in [4.69, 9.17) is 21.1 Å². The fraction of sp³-hybridized carbons (Fsp3) is 0.190. The summed E-state index contributed by atoms with van der Waals surface area (Å²) in [6.07, 6.45) is 4.02. The fourth-order valence-corrected chi connectivity index (χ4v) is 2.49. The molecule has 0 aliphatic rings. The number of nitrogens with one attached hydrogen (secondary N) is 1. The summed E-state index contributed by atoms with van der Waals surface area (Å²) >= 11 is 5.75. The van der Waals surface area contributed by atoms with Gasteiger partial charge in [0.1, 0.15) is 16.7 Å². The van der Waals surface area contributed by atoms with Crippen LogP contribution in [0.2, 0.25) is 5.15 Å². The Kier molecular flexibility index (Phi) is 6.81. The van der Waals surface area contributed by atoms with Gasteiger partial charge in [-0.05, 0) is 48.9 Å². The van der Waals surface area contributed by atoms with Crippen molar-refractivity contribution in [1.82, 2.24) is 15.3 Å². The van der Waals surface area contributed by atoms with E-state index in [1.54, 1.807) is 24.4 Å². The molecule has 2 heterocycles. The van der Waals surface area contributed by atoms with Crippen LogP contribution in [0.1, 0.15) is 29.3 Å². The first kappa shape index (κ1) is 19.6. The number of carbonyl (C=O) groups excluding carboxylic acids is 1. The molecule has 0 bridgehead atoms. The van der Waals surface area contributed by atoms with Gasteiger partial charge in [0.25, 0.3) is 5.91 Å². The average Bonchev–Trinajstić information content (AvgIpc) is 2.73. The number of amides is 1. The number of aromatic nitrogens is 2. The maximum absolute atomic E-state index is 12.3. The van der Waals surface area contributed by atoms with Gasteiger partial charge in [0, 0.05) is 24.5 Å². The van der Waals surface area contributed by atoms with Crippen molar-refractivity contribution in [1.29, 1.82) is 0 Å². The summed E-state index contributed by atoms with van der Waals surface area (Å²) in [5.41, 5.74) is 1.18. The van der Waals surface area contributed by atoms with Gasteiger partial charge in [-0.25, -0.2) is 9.97 Å². The summed E-state index contributed by atoms with van der Waals surface area (Å²) in [7, 11) is 0. The Morgan fingerprint density at radius 2 is 1.86 bits per heavy atom. The fourth-order valence-electron chi connectivity index (χ4n) is 2.37. The molecule has 7 heteroatoms. The smallest absolute Gasteiger partial charge is 0.253 e. The molecule has 3 aromatic rings. The molecule has 0 aliphatic carbocycles. The highest BCUT2D eigenvalue weighted by Crippen LogP contribution is 2.25.